The number of ether oxygens (including phenoxy) is 1. The molecule has 1 aromatic rings. The van der Waals surface area contributed by atoms with Gasteiger partial charge < -0.3 is 20.5 Å². The molecule has 6 nitrogen and oxygen atoms in total. The van der Waals surface area contributed by atoms with Gasteiger partial charge >= 0.3 is 5.97 Å². The zero-order valence-electron chi connectivity index (χ0n) is 18.1. The van der Waals surface area contributed by atoms with Gasteiger partial charge in [0.15, 0.2) is 0 Å². The zero-order valence-corrected chi connectivity index (χ0v) is 18.8. The van der Waals surface area contributed by atoms with Crippen LogP contribution in [0, 0.1) is 5.41 Å². The molecular formula is C24H31ClN2O4. The Morgan fingerprint density at radius 3 is 2.71 bits per heavy atom. The number of rotatable bonds is 7. The number of hydrogen-bond donors (Lipinski definition) is 3. The Labute approximate surface area is 188 Å². The molecule has 1 spiro atoms. The van der Waals surface area contributed by atoms with Gasteiger partial charge in [-0.2, -0.15) is 0 Å². The summed E-state index contributed by atoms with van der Waals surface area (Å²) in [5.74, 6) is -1.15. The van der Waals surface area contributed by atoms with Crippen LogP contribution in [-0.4, -0.2) is 48.1 Å². The van der Waals surface area contributed by atoms with Gasteiger partial charge in [-0.1, -0.05) is 43.2 Å². The van der Waals surface area contributed by atoms with Crippen molar-refractivity contribution in [2.24, 2.45) is 5.41 Å². The summed E-state index contributed by atoms with van der Waals surface area (Å²) < 4.78 is 5.15. The molecule has 1 fully saturated rings. The first kappa shape index (κ1) is 23.4. The van der Waals surface area contributed by atoms with Crippen LogP contribution < -0.4 is 10.6 Å². The maximum Gasteiger partial charge on any atom is 0.328 e. The standard InChI is InChI=1S/C24H31ClN2O4/c1-3-31-23(30)18(13-16-9-5-4-6-10-16)27-22(29)17-14-20(25)24(15-19(17)28)12-8-7-11-21(24)26-2/h4-6,9-10,14-15,18,20-21,26,28H,3,7-8,11-13H2,1-2H3,(H,27,29). The van der Waals surface area contributed by atoms with E-state index in [2.05, 4.69) is 10.6 Å². The lowest BCUT2D eigenvalue weighted by atomic mass is 9.65. The summed E-state index contributed by atoms with van der Waals surface area (Å²) in [6, 6.07) is 8.65. The molecule has 1 saturated carbocycles. The predicted molar refractivity (Wildman–Crippen MR) is 121 cm³/mol. The van der Waals surface area contributed by atoms with Crippen molar-refractivity contribution in [3.05, 3.63) is 59.4 Å². The maximum atomic E-state index is 13.0. The molecule has 0 aliphatic heterocycles. The van der Waals surface area contributed by atoms with Gasteiger partial charge in [0, 0.05) is 17.9 Å². The molecule has 0 heterocycles. The molecule has 1 aromatic carbocycles. The molecule has 1 amide bonds. The number of allylic oxidation sites excluding steroid dienone is 1. The molecule has 4 unspecified atom stereocenters. The molecule has 3 rings (SSSR count). The third-order valence-corrected chi connectivity index (χ3v) is 6.79. The summed E-state index contributed by atoms with van der Waals surface area (Å²) in [5, 5.41) is 16.4. The first-order chi connectivity index (χ1) is 14.9. The lowest BCUT2D eigenvalue weighted by molar-refractivity contribution is -0.147. The Morgan fingerprint density at radius 2 is 2.03 bits per heavy atom. The van der Waals surface area contributed by atoms with Gasteiger partial charge in [-0.3, -0.25) is 4.79 Å². The fourth-order valence-electron chi connectivity index (χ4n) is 4.65. The molecule has 168 valence electrons. The molecule has 0 radical (unpaired) electrons. The van der Waals surface area contributed by atoms with Gasteiger partial charge in [0.1, 0.15) is 11.8 Å². The average Bonchev–Trinajstić information content (AvgIpc) is 2.77. The molecule has 2 aliphatic rings. The highest BCUT2D eigenvalue weighted by molar-refractivity contribution is 6.23. The normalized spacial score (nSPS) is 26.5. The Hall–Kier alpha value is -2.31. The predicted octanol–water partition coefficient (Wildman–Crippen LogP) is 3.41. The molecular weight excluding hydrogens is 416 g/mol. The minimum absolute atomic E-state index is 0.0911. The number of esters is 1. The number of carbonyl (C=O) groups excluding carboxylic acids is 2. The van der Waals surface area contributed by atoms with Crippen molar-refractivity contribution in [1.82, 2.24) is 10.6 Å². The molecule has 0 bridgehead atoms. The van der Waals surface area contributed by atoms with Gasteiger partial charge in [0.25, 0.3) is 5.91 Å². The molecule has 0 aromatic heterocycles. The fourth-order valence-corrected chi connectivity index (χ4v) is 5.10. The van der Waals surface area contributed by atoms with Crippen LogP contribution in [0.3, 0.4) is 0 Å². The van der Waals surface area contributed by atoms with Crippen molar-refractivity contribution in [3.63, 3.8) is 0 Å². The highest BCUT2D eigenvalue weighted by Gasteiger charge is 2.46. The highest BCUT2D eigenvalue weighted by Crippen LogP contribution is 2.47. The van der Waals surface area contributed by atoms with E-state index in [4.69, 9.17) is 16.3 Å². The maximum absolute atomic E-state index is 13.0. The van der Waals surface area contributed by atoms with E-state index >= 15 is 0 Å². The minimum atomic E-state index is -0.868. The van der Waals surface area contributed by atoms with E-state index in [0.717, 1.165) is 31.2 Å². The number of carbonyl (C=O) groups is 2. The first-order valence-corrected chi connectivity index (χ1v) is 11.3. The van der Waals surface area contributed by atoms with Gasteiger partial charge in [-0.15, -0.1) is 11.6 Å². The van der Waals surface area contributed by atoms with Crippen LogP contribution in [0.25, 0.3) is 0 Å². The van der Waals surface area contributed by atoms with Crippen LogP contribution >= 0.6 is 11.6 Å². The number of halogens is 1. The van der Waals surface area contributed by atoms with Gasteiger partial charge in [0.2, 0.25) is 0 Å². The summed E-state index contributed by atoms with van der Waals surface area (Å²) in [7, 11) is 1.89. The third-order valence-electron chi connectivity index (χ3n) is 6.26. The second-order valence-electron chi connectivity index (χ2n) is 8.18. The summed E-state index contributed by atoms with van der Waals surface area (Å²) >= 11 is 6.76. The Bertz CT molecular complexity index is 854. The second-order valence-corrected chi connectivity index (χ2v) is 8.65. The summed E-state index contributed by atoms with van der Waals surface area (Å²) in [6.07, 6.45) is 7.55. The summed E-state index contributed by atoms with van der Waals surface area (Å²) in [5.41, 5.74) is 0.549. The number of aliphatic hydroxyl groups excluding tert-OH is 1. The van der Waals surface area contributed by atoms with Crippen LogP contribution in [0.4, 0.5) is 0 Å². The molecule has 2 aliphatic carbocycles. The first-order valence-electron chi connectivity index (χ1n) is 10.9. The van der Waals surface area contributed by atoms with Crippen molar-refractivity contribution >= 4 is 23.5 Å². The number of aliphatic hydroxyl groups is 1. The van der Waals surface area contributed by atoms with E-state index in [1.165, 1.54) is 0 Å². The largest absolute Gasteiger partial charge is 0.507 e. The molecule has 4 atom stereocenters. The number of hydrogen-bond acceptors (Lipinski definition) is 5. The number of alkyl halides is 1. The van der Waals surface area contributed by atoms with Crippen molar-refractivity contribution < 1.29 is 19.4 Å². The summed E-state index contributed by atoms with van der Waals surface area (Å²) in [6.45, 7) is 1.93. The van der Waals surface area contributed by atoms with Crippen molar-refractivity contribution in [2.75, 3.05) is 13.7 Å². The third kappa shape index (κ3) is 5.13. The van der Waals surface area contributed by atoms with Crippen molar-refractivity contribution in [2.45, 2.75) is 56.5 Å². The van der Waals surface area contributed by atoms with E-state index in [9.17, 15) is 14.7 Å². The quantitative estimate of drug-likeness (QED) is 0.441. The average molecular weight is 447 g/mol. The number of nitrogens with one attached hydrogen (secondary N) is 2. The van der Waals surface area contributed by atoms with Crippen LogP contribution in [0.5, 0.6) is 0 Å². The second kappa shape index (κ2) is 10.3. The number of amides is 1. The SMILES string of the molecule is CCOC(=O)C(Cc1ccccc1)NC(=O)C1=CC(Cl)C2(C=C1O)CCCCC2NC. The minimum Gasteiger partial charge on any atom is -0.507 e. The molecule has 31 heavy (non-hydrogen) atoms. The Balaban J connectivity index is 1.79. The number of benzene rings is 1. The van der Waals surface area contributed by atoms with Gasteiger partial charge in [0.05, 0.1) is 17.6 Å². The van der Waals surface area contributed by atoms with Crippen LogP contribution in [0.2, 0.25) is 0 Å². The molecule has 0 saturated heterocycles. The van der Waals surface area contributed by atoms with Crippen LogP contribution in [0.1, 0.15) is 38.2 Å². The topological polar surface area (TPSA) is 87.7 Å². The molecule has 7 heteroatoms. The van der Waals surface area contributed by atoms with E-state index in [0.29, 0.717) is 6.42 Å². The Morgan fingerprint density at radius 1 is 1.29 bits per heavy atom. The van der Waals surface area contributed by atoms with E-state index in [1.54, 1.807) is 19.1 Å². The lowest BCUT2D eigenvalue weighted by Crippen LogP contribution is -2.51. The molecule has 3 N–H and O–H groups in total. The zero-order chi connectivity index (χ0) is 22.4. The van der Waals surface area contributed by atoms with Crippen molar-refractivity contribution in [3.8, 4) is 0 Å². The van der Waals surface area contributed by atoms with E-state index < -0.39 is 28.7 Å². The van der Waals surface area contributed by atoms with Crippen LogP contribution in [0.15, 0.2) is 53.8 Å². The fraction of sp³-hybridized carbons (Fsp3) is 0.500. The van der Waals surface area contributed by atoms with Gasteiger partial charge in [-0.25, -0.2) is 4.79 Å². The monoisotopic (exact) mass is 446 g/mol. The Kier molecular flexibility index (Phi) is 7.79. The highest BCUT2D eigenvalue weighted by atomic mass is 35.5. The lowest BCUT2D eigenvalue weighted by Gasteiger charge is -2.46. The smallest absolute Gasteiger partial charge is 0.328 e. The van der Waals surface area contributed by atoms with E-state index in [1.807, 2.05) is 37.4 Å². The van der Waals surface area contributed by atoms with Gasteiger partial charge in [-0.05, 0) is 44.5 Å². The van der Waals surface area contributed by atoms with Crippen LogP contribution in [-0.2, 0) is 20.7 Å². The van der Waals surface area contributed by atoms with E-state index in [-0.39, 0.29) is 24.0 Å². The summed E-state index contributed by atoms with van der Waals surface area (Å²) in [4.78, 5) is 25.5. The van der Waals surface area contributed by atoms with Crippen molar-refractivity contribution in [1.29, 1.82) is 0 Å².